The van der Waals surface area contributed by atoms with Gasteiger partial charge in [-0.3, -0.25) is 0 Å². The van der Waals surface area contributed by atoms with Crippen molar-refractivity contribution in [3.05, 3.63) is 64.7 Å². The summed E-state index contributed by atoms with van der Waals surface area (Å²) in [5, 5.41) is 12.8. The van der Waals surface area contributed by atoms with Gasteiger partial charge >= 0.3 is 0 Å². The van der Waals surface area contributed by atoms with E-state index in [-0.39, 0.29) is 12.0 Å². The number of hydrogen-bond donors (Lipinski definition) is 0. The van der Waals surface area contributed by atoms with Crippen LogP contribution in [0.2, 0.25) is 5.02 Å². The fraction of sp³-hybridized carbons (Fsp3) is 0.176. The van der Waals surface area contributed by atoms with Crippen LogP contribution < -0.4 is 0 Å². The summed E-state index contributed by atoms with van der Waals surface area (Å²) in [5.74, 6) is 1.73. The lowest BCUT2D eigenvalue weighted by Gasteiger charge is -2.35. The molecule has 5 nitrogen and oxygen atoms in total. The normalized spacial score (nSPS) is 21.5. The van der Waals surface area contributed by atoms with Crippen LogP contribution in [0.15, 0.2) is 58.4 Å². The van der Waals surface area contributed by atoms with Gasteiger partial charge in [-0.25, -0.2) is 9.67 Å². The zero-order valence-electron chi connectivity index (χ0n) is 12.5. The molecule has 0 N–H and O–H groups in total. The molecule has 0 radical (unpaired) electrons. The van der Waals surface area contributed by atoms with E-state index in [0.29, 0.717) is 5.95 Å². The van der Waals surface area contributed by atoms with E-state index in [1.807, 2.05) is 40.7 Å². The molecule has 2 aromatic carbocycles. The van der Waals surface area contributed by atoms with Crippen LogP contribution in [-0.2, 0) is 0 Å². The quantitative estimate of drug-likeness (QED) is 0.668. The standard InChI is InChI=1S/C17H12ClN5S/c18-11-7-5-10(6-8-11)16-13-9-24-14-4-2-1-3-12(14)15(13)19-17-20-21-22-23(16)17/h1-8,13,16H,9H2. The second kappa shape index (κ2) is 5.43. The number of nitrogens with zero attached hydrogens (tertiary/aromatic N) is 5. The molecule has 2 unspecified atom stereocenters. The number of aliphatic imine (C=N–C) groups is 1. The van der Waals surface area contributed by atoms with E-state index < -0.39 is 0 Å². The second-order valence-corrected chi connectivity index (χ2v) is 7.33. The number of halogens is 1. The molecule has 3 heterocycles. The van der Waals surface area contributed by atoms with Crippen LogP contribution >= 0.6 is 23.4 Å². The zero-order chi connectivity index (χ0) is 16.1. The van der Waals surface area contributed by atoms with Gasteiger partial charge in [0.25, 0.3) is 5.95 Å². The number of benzene rings is 2. The van der Waals surface area contributed by atoms with Crippen molar-refractivity contribution in [1.29, 1.82) is 0 Å². The summed E-state index contributed by atoms with van der Waals surface area (Å²) >= 11 is 7.92. The Bertz CT molecular complexity index is 950. The minimum Gasteiger partial charge on any atom is -0.214 e. The average Bonchev–Trinajstić information content (AvgIpc) is 3.09. The number of aromatic nitrogens is 4. The first kappa shape index (κ1) is 14.2. The lowest BCUT2D eigenvalue weighted by molar-refractivity contribution is 0.437. The monoisotopic (exact) mass is 353 g/mol. The van der Waals surface area contributed by atoms with Crippen molar-refractivity contribution < 1.29 is 0 Å². The molecule has 3 aromatic rings. The third-order valence-corrected chi connectivity index (χ3v) is 5.93. The molecule has 118 valence electrons. The molecule has 0 fully saturated rings. The van der Waals surface area contributed by atoms with Crippen LogP contribution in [0.4, 0.5) is 5.95 Å². The first-order valence-corrected chi connectivity index (χ1v) is 9.02. The third kappa shape index (κ3) is 2.10. The molecule has 0 aliphatic carbocycles. The SMILES string of the molecule is Clc1ccc(C2C3CSc4ccccc4C3=Nc3nnnn32)cc1. The van der Waals surface area contributed by atoms with Crippen LogP contribution in [0.5, 0.6) is 0 Å². The van der Waals surface area contributed by atoms with Gasteiger partial charge in [0.15, 0.2) is 0 Å². The fourth-order valence-electron chi connectivity index (χ4n) is 3.40. The summed E-state index contributed by atoms with van der Waals surface area (Å²) < 4.78 is 1.83. The smallest absolute Gasteiger partial charge is 0.214 e. The molecular formula is C17H12ClN5S. The highest BCUT2D eigenvalue weighted by Gasteiger charge is 2.39. The largest absolute Gasteiger partial charge is 0.269 e. The van der Waals surface area contributed by atoms with E-state index in [2.05, 4.69) is 39.8 Å². The molecule has 0 saturated carbocycles. The predicted molar refractivity (Wildman–Crippen MR) is 94.3 cm³/mol. The van der Waals surface area contributed by atoms with Crippen LogP contribution in [0.3, 0.4) is 0 Å². The lowest BCUT2D eigenvalue weighted by atomic mass is 9.86. The average molecular weight is 354 g/mol. The molecule has 1 aromatic heterocycles. The molecule has 0 bridgehead atoms. The minimum absolute atomic E-state index is 0.0284. The van der Waals surface area contributed by atoms with Crippen molar-refractivity contribution in [1.82, 2.24) is 20.2 Å². The predicted octanol–water partition coefficient (Wildman–Crippen LogP) is 3.77. The Labute approximate surface area is 147 Å². The van der Waals surface area contributed by atoms with Crippen molar-refractivity contribution in [2.24, 2.45) is 10.9 Å². The van der Waals surface area contributed by atoms with Crippen LogP contribution in [0.25, 0.3) is 0 Å². The van der Waals surface area contributed by atoms with Gasteiger partial charge in [0.05, 0.1) is 11.8 Å². The molecule has 7 heteroatoms. The summed E-state index contributed by atoms with van der Waals surface area (Å²) in [6, 6.07) is 16.3. The second-order valence-electron chi connectivity index (χ2n) is 5.83. The van der Waals surface area contributed by atoms with Crippen molar-refractivity contribution >= 4 is 35.0 Å². The molecule has 5 rings (SSSR count). The molecule has 0 amide bonds. The molecular weight excluding hydrogens is 342 g/mol. The Morgan fingerprint density at radius 1 is 1.08 bits per heavy atom. The first-order valence-electron chi connectivity index (χ1n) is 7.65. The van der Waals surface area contributed by atoms with E-state index in [1.54, 1.807) is 0 Å². The van der Waals surface area contributed by atoms with E-state index >= 15 is 0 Å². The van der Waals surface area contributed by atoms with Crippen molar-refractivity contribution in [2.45, 2.75) is 10.9 Å². The number of hydrogen-bond acceptors (Lipinski definition) is 5. The number of tetrazole rings is 1. The highest BCUT2D eigenvalue weighted by atomic mass is 35.5. The first-order chi connectivity index (χ1) is 11.8. The maximum Gasteiger partial charge on any atom is 0.269 e. The topological polar surface area (TPSA) is 56.0 Å². The van der Waals surface area contributed by atoms with Gasteiger partial charge in [0.1, 0.15) is 0 Å². The third-order valence-electron chi connectivity index (χ3n) is 4.48. The number of fused-ring (bicyclic) bond motifs is 4. The zero-order valence-corrected chi connectivity index (χ0v) is 14.1. The lowest BCUT2D eigenvalue weighted by Crippen LogP contribution is -2.36. The van der Waals surface area contributed by atoms with Gasteiger partial charge in [-0.15, -0.1) is 11.8 Å². The molecule has 2 atom stereocenters. The van der Waals surface area contributed by atoms with Crippen molar-refractivity contribution in [2.75, 3.05) is 5.75 Å². The van der Waals surface area contributed by atoms with Crippen LogP contribution in [0, 0.1) is 5.92 Å². The Morgan fingerprint density at radius 2 is 1.92 bits per heavy atom. The van der Waals surface area contributed by atoms with Gasteiger partial charge in [0, 0.05) is 27.2 Å². The highest BCUT2D eigenvalue weighted by Crippen LogP contribution is 2.44. The van der Waals surface area contributed by atoms with Crippen molar-refractivity contribution in [3.8, 4) is 0 Å². The molecule has 0 spiro atoms. The van der Waals surface area contributed by atoms with E-state index in [1.165, 1.54) is 10.5 Å². The maximum absolute atomic E-state index is 6.06. The Kier molecular flexibility index (Phi) is 3.21. The Balaban J connectivity index is 1.70. The molecule has 24 heavy (non-hydrogen) atoms. The molecule has 0 saturated heterocycles. The van der Waals surface area contributed by atoms with Gasteiger partial charge in [0.2, 0.25) is 0 Å². The van der Waals surface area contributed by atoms with Crippen LogP contribution in [0.1, 0.15) is 17.2 Å². The van der Waals surface area contributed by atoms with Crippen molar-refractivity contribution in [3.63, 3.8) is 0 Å². The van der Waals surface area contributed by atoms with Gasteiger partial charge < -0.3 is 0 Å². The summed E-state index contributed by atoms with van der Waals surface area (Å²) in [4.78, 5) is 6.03. The molecule has 2 aliphatic heterocycles. The summed E-state index contributed by atoms with van der Waals surface area (Å²) in [5.41, 5.74) is 3.41. The highest BCUT2D eigenvalue weighted by molar-refractivity contribution is 7.99. The summed E-state index contributed by atoms with van der Waals surface area (Å²) in [6.45, 7) is 0. The van der Waals surface area contributed by atoms with E-state index in [4.69, 9.17) is 16.6 Å². The summed E-state index contributed by atoms with van der Waals surface area (Å²) in [6.07, 6.45) is 0. The minimum atomic E-state index is 0.0284. The van der Waals surface area contributed by atoms with E-state index in [9.17, 15) is 0 Å². The van der Waals surface area contributed by atoms with Gasteiger partial charge in [-0.1, -0.05) is 47.0 Å². The van der Waals surface area contributed by atoms with E-state index in [0.717, 1.165) is 22.1 Å². The number of rotatable bonds is 1. The van der Waals surface area contributed by atoms with Gasteiger partial charge in [-0.2, -0.15) is 0 Å². The Morgan fingerprint density at radius 3 is 2.79 bits per heavy atom. The number of thioether (sulfide) groups is 1. The van der Waals surface area contributed by atoms with Crippen LogP contribution in [-0.4, -0.2) is 31.7 Å². The molecule has 2 aliphatic rings. The maximum atomic E-state index is 6.06. The Hall–Kier alpha value is -2.18. The van der Waals surface area contributed by atoms with Gasteiger partial charge in [-0.05, 0) is 34.2 Å². The fourth-order valence-corrected chi connectivity index (χ4v) is 4.73. The summed E-state index contributed by atoms with van der Waals surface area (Å²) in [7, 11) is 0.